The molecule has 1 heterocycles. The van der Waals surface area contributed by atoms with Gasteiger partial charge in [-0.1, -0.05) is 46.3 Å². The third-order valence-corrected chi connectivity index (χ3v) is 7.11. The summed E-state index contributed by atoms with van der Waals surface area (Å²) >= 11 is 3.62. The molecule has 0 bridgehead atoms. The maximum atomic E-state index is 13.4. The standard InChI is InChI=1S/C28H36BrNO4/c1-18(2)32-24-14-13-20(29)16-22(24)23-17-28(34-30-23)15-9-12-21(26(31)33-27(3,4)5)25(28)19-10-7-6-8-11-19/h6-8,10-11,13-14,16,18,21,23,25,30H,9,12,15,17H2,1-5H3/t21?,23-,25+,28+/m0/s1. The molecule has 4 rings (SSSR count). The minimum absolute atomic E-state index is 0.0464. The van der Waals surface area contributed by atoms with Crippen molar-refractivity contribution in [3.05, 3.63) is 64.1 Å². The molecule has 34 heavy (non-hydrogen) atoms. The smallest absolute Gasteiger partial charge is 0.310 e. The summed E-state index contributed by atoms with van der Waals surface area (Å²) in [6.07, 6.45) is 3.40. The van der Waals surface area contributed by atoms with Crippen LogP contribution in [0.1, 0.15) is 83.4 Å². The lowest BCUT2D eigenvalue weighted by Gasteiger charge is -2.44. The fourth-order valence-corrected chi connectivity index (χ4v) is 5.80. The summed E-state index contributed by atoms with van der Waals surface area (Å²) in [5.74, 6) is 0.354. The molecule has 1 N–H and O–H groups in total. The van der Waals surface area contributed by atoms with Crippen LogP contribution in [0.5, 0.6) is 5.75 Å². The molecule has 2 aromatic carbocycles. The van der Waals surface area contributed by atoms with Gasteiger partial charge in [0.15, 0.2) is 0 Å². The number of halogens is 1. The topological polar surface area (TPSA) is 56.8 Å². The van der Waals surface area contributed by atoms with Crippen molar-refractivity contribution >= 4 is 21.9 Å². The molecular weight excluding hydrogens is 494 g/mol. The van der Waals surface area contributed by atoms with Gasteiger partial charge in [0.2, 0.25) is 0 Å². The summed E-state index contributed by atoms with van der Waals surface area (Å²) in [4.78, 5) is 19.9. The lowest BCUT2D eigenvalue weighted by atomic mass is 9.64. The number of nitrogens with one attached hydrogen (secondary N) is 1. The molecule has 6 heteroatoms. The number of hydrogen-bond donors (Lipinski definition) is 1. The van der Waals surface area contributed by atoms with Crippen molar-refractivity contribution in [1.29, 1.82) is 0 Å². The van der Waals surface area contributed by atoms with Gasteiger partial charge < -0.3 is 9.47 Å². The van der Waals surface area contributed by atoms with Crippen molar-refractivity contribution in [3.63, 3.8) is 0 Å². The molecule has 1 saturated heterocycles. The fourth-order valence-electron chi connectivity index (χ4n) is 5.43. The normalized spacial score (nSPS) is 27.2. The molecule has 1 unspecified atom stereocenters. The molecule has 0 amide bonds. The van der Waals surface area contributed by atoms with Gasteiger partial charge in [-0.15, -0.1) is 0 Å². The van der Waals surface area contributed by atoms with E-state index in [1.165, 1.54) is 0 Å². The SMILES string of the molecule is CC(C)Oc1ccc(Br)cc1[C@@H]1C[C@@]2(CCCC(C(=O)OC(C)(C)C)[C@H]2c2ccccc2)ON1. The van der Waals surface area contributed by atoms with E-state index in [0.717, 1.165) is 47.0 Å². The van der Waals surface area contributed by atoms with E-state index in [9.17, 15) is 4.79 Å². The van der Waals surface area contributed by atoms with Gasteiger partial charge in [0, 0.05) is 22.4 Å². The zero-order valence-electron chi connectivity index (χ0n) is 20.8. The van der Waals surface area contributed by atoms with Crippen LogP contribution >= 0.6 is 15.9 Å². The third-order valence-electron chi connectivity index (χ3n) is 6.62. The van der Waals surface area contributed by atoms with Crippen LogP contribution in [0, 0.1) is 5.92 Å². The molecule has 5 nitrogen and oxygen atoms in total. The number of carbonyl (C=O) groups is 1. The quantitative estimate of drug-likeness (QED) is 0.428. The first-order valence-electron chi connectivity index (χ1n) is 12.3. The van der Waals surface area contributed by atoms with Crippen molar-refractivity contribution in [2.45, 2.75) is 89.6 Å². The van der Waals surface area contributed by atoms with Crippen molar-refractivity contribution in [1.82, 2.24) is 5.48 Å². The molecular formula is C28H36BrNO4. The van der Waals surface area contributed by atoms with Crippen molar-refractivity contribution in [2.75, 3.05) is 0 Å². The van der Waals surface area contributed by atoms with E-state index in [1.807, 2.05) is 65.0 Å². The lowest BCUT2D eigenvalue weighted by Crippen LogP contribution is -2.47. The summed E-state index contributed by atoms with van der Waals surface area (Å²) in [5.41, 5.74) is 4.47. The van der Waals surface area contributed by atoms with Crippen molar-refractivity contribution in [2.24, 2.45) is 5.92 Å². The number of hydroxylamine groups is 1. The second-order valence-electron chi connectivity index (χ2n) is 10.8. The van der Waals surface area contributed by atoms with Crippen LogP contribution in [0.2, 0.25) is 0 Å². The molecule has 1 spiro atoms. The van der Waals surface area contributed by atoms with E-state index in [0.29, 0.717) is 0 Å². The molecule has 184 valence electrons. The largest absolute Gasteiger partial charge is 0.491 e. The fraction of sp³-hybridized carbons (Fsp3) is 0.536. The van der Waals surface area contributed by atoms with Crippen molar-refractivity contribution in [3.8, 4) is 5.75 Å². The van der Waals surface area contributed by atoms with E-state index in [-0.39, 0.29) is 30.0 Å². The summed E-state index contributed by atoms with van der Waals surface area (Å²) in [5, 5.41) is 0. The number of hydrogen-bond acceptors (Lipinski definition) is 5. The van der Waals surface area contributed by atoms with Crippen LogP contribution < -0.4 is 10.2 Å². The van der Waals surface area contributed by atoms with Crippen LogP contribution in [-0.4, -0.2) is 23.3 Å². The maximum Gasteiger partial charge on any atom is 0.310 e. The van der Waals surface area contributed by atoms with Gasteiger partial charge in [0.1, 0.15) is 11.4 Å². The molecule has 1 aliphatic carbocycles. The highest BCUT2D eigenvalue weighted by Gasteiger charge is 2.55. The average molecular weight is 531 g/mol. The predicted molar refractivity (Wildman–Crippen MR) is 137 cm³/mol. The second-order valence-corrected chi connectivity index (χ2v) is 11.7. The first-order valence-corrected chi connectivity index (χ1v) is 13.0. The van der Waals surface area contributed by atoms with Crippen LogP contribution in [0.15, 0.2) is 53.0 Å². The van der Waals surface area contributed by atoms with Gasteiger partial charge in [0.05, 0.1) is 23.7 Å². The number of carbonyl (C=O) groups excluding carboxylic acids is 1. The van der Waals surface area contributed by atoms with Crippen LogP contribution in [0.25, 0.3) is 0 Å². The Morgan fingerprint density at radius 2 is 1.91 bits per heavy atom. The number of esters is 1. The summed E-state index contributed by atoms with van der Waals surface area (Å²) in [7, 11) is 0. The highest BCUT2D eigenvalue weighted by atomic mass is 79.9. The van der Waals surface area contributed by atoms with Crippen LogP contribution in [0.4, 0.5) is 0 Å². The Bertz CT molecular complexity index is 1000. The Labute approximate surface area is 211 Å². The van der Waals surface area contributed by atoms with E-state index >= 15 is 0 Å². The van der Waals surface area contributed by atoms with E-state index in [4.69, 9.17) is 14.3 Å². The van der Waals surface area contributed by atoms with E-state index in [1.54, 1.807) is 0 Å². The first-order chi connectivity index (χ1) is 16.1. The van der Waals surface area contributed by atoms with Gasteiger partial charge in [-0.2, -0.15) is 5.48 Å². The Kier molecular flexibility index (Phi) is 7.41. The minimum Gasteiger partial charge on any atom is -0.491 e. The molecule has 0 aromatic heterocycles. The van der Waals surface area contributed by atoms with Gasteiger partial charge in [0.25, 0.3) is 0 Å². The Balaban J connectivity index is 1.70. The Morgan fingerprint density at radius 1 is 1.18 bits per heavy atom. The highest BCUT2D eigenvalue weighted by molar-refractivity contribution is 9.10. The van der Waals surface area contributed by atoms with Crippen LogP contribution in [-0.2, 0) is 14.4 Å². The number of ether oxygens (including phenoxy) is 2. The molecule has 0 radical (unpaired) electrons. The van der Waals surface area contributed by atoms with Gasteiger partial charge in [-0.25, -0.2) is 0 Å². The lowest BCUT2D eigenvalue weighted by molar-refractivity contribution is -0.170. The van der Waals surface area contributed by atoms with E-state index < -0.39 is 11.2 Å². The predicted octanol–water partition coefficient (Wildman–Crippen LogP) is 6.87. The zero-order valence-corrected chi connectivity index (χ0v) is 22.4. The second kappa shape index (κ2) is 10.00. The highest BCUT2D eigenvalue weighted by Crippen LogP contribution is 2.54. The van der Waals surface area contributed by atoms with Crippen molar-refractivity contribution < 1.29 is 19.1 Å². The molecule has 2 aromatic rings. The number of rotatable bonds is 5. The average Bonchev–Trinajstić information content (AvgIpc) is 3.17. The zero-order chi connectivity index (χ0) is 24.5. The molecule has 1 aliphatic heterocycles. The Morgan fingerprint density at radius 3 is 2.59 bits per heavy atom. The van der Waals surface area contributed by atoms with Crippen LogP contribution in [0.3, 0.4) is 0 Å². The van der Waals surface area contributed by atoms with Gasteiger partial charge in [-0.3, -0.25) is 9.63 Å². The van der Waals surface area contributed by atoms with Gasteiger partial charge in [-0.05, 0) is 77.6 Å². The maximum absolute atomic E-state index is 13.4. The van der Waals surface area contributed by atoms with E-state index in [2.05, 4.69) is 39.6 Å². The minimum atomic E-state index is -0.528. The monoisotopic (exact) mass is 529 g/mol. The molecule has 2 fully saturated rings. The number of benzene rings is 2. The molecule has 2 aliphatic rings. The summed E-state index contributed by atoms with van der Waals surface area (Å²) < 4.78 is 13.0. The molecule has 4 atom stereocenters. The first kappa shape index (κ1) is 25.2. The molecule has 1 saturated carbocycles. The summed E-state index contributed by atoms with van der Waals surface area (Å²) in [6, 6.07) is 16.4. The third kappa shape index (κ3) is 5.50. The van der Waals surface area contributed by atoms with Gasteiger partial charge >= 0.3 is 5.97 Å². The summed E-state index contributed by atoms with van der Waals surface area (Å²) in [6.45, 7) is 9.84. The Hall–Kier alpha value is -1.89.